The van der Waals surface area contributed by atoms with E-state index in [1.165, 1.54) is 0 Å². The van der Waals surface area contributed by atoms with Gasteiger partial charge >= 0.3 is 0 Å². The Balaban J connectivity index is 2.34. The van der Waals surface area contributed by atoms with Crippen LogP contribution >= 0.6 is 0 Å². The molecule has 0 unspecified atom stereocenters. The average molecular weight is 124 g/mol. The molecule has 38 valence electrons. The van der Waals surface area contributed by atoms with Gasteiger partial charge in [-0.15, -0.1) is 0 Å². The van der Waals surface area contributed by atoms with Crippen molar-refractivity contribution in [1.29, 1.82) is 0 Å². The zero-order valence-corrected chi connectivity index (χ0v) is 7.32. The quantitative estimate of drug-likeness (QED) is 0.338. The van der Waals surface area contributed by atoms with Gasteiger partial charge in [0.2, 0.25) is 0 Å². The summed E-state index contributed by atoms with van der Waals surface area (Å²) in [7, 11) is 0.407. The topological polar surface area (TPSA) is 9.23 Å². The van der Waals surface area contributed by atoms with E-state index in [0.717, 1.165) is 10.5 Å². The van der Waals surface area contributed by atoms with Crippen LogP contribution < -0.4 is 0 Å². The molecule has 0 aromatic heterocycles. The zero-order chi connectivity index (χ0) is 4.83. The minimum absolute atomic E-state index is 0.186. The van der Waals surface area contributed by atoms with Gasteiger partial charge in [0.05, 0.1) is 6.67 Å². The molecule has 0 aliphatic heterocycles. The molecular weight excluding hydrogens is 115 g/mol. The van der Waals surface area contributed by atoms with Gasteiger partial charge in [-0.1, -0.05) is 0 Å². The number of hydrogen-bond acceptors (Lipinski definition) is 1. The average Bonchev–Trinajstić information content (AvgIpc) is 1.61. The predicted molar refractivity (Wildman–Crippen MR) is 30.3 cm³/mol. The second-order valence-corrected chi connectivity index (χ2v) is 4.46. The Morgan fingerprint density at radius 3 is 2.67 bits per heavy atom. The van der Waals surface area contributed by atoms with Crippen molar-refractivity contribution in [3.63, 3.8) is 0 Å². The smallest absolute Gasteiger partial charge is 0.148 e. The molecule has 0 atom stereocenters. The van der Waals surface area contributed by atoms with Crippen molar-refractivity contribution in [1.82, 2.24) is 0 Å². The van der Waals surface area contributed by atoms with Gasteiger partial charge in [-0.25, -0.2) is 0 Å². The van der Waals surface area contributed by atoms with Gasteiger partial charge < -0.3 is 4.12 Å². The highest BCUT2D eigenvalue weighted by molar-refractivity contribution is 6.34. The van der Waals surface area contributed by atoms with Gasteiger partial charge in [-0.3, -0.25) is 4.39 Å². The highest BCUT2D eigenvalue weighted by Gasteiger charge is 1.79. The van der Waals surface area contributed by atoms with Crippen molar-refractivity contribution in [2.45, 2.75) is 6.04 Å². The van der Waals surface area contributed by atoms with Gasteiger partial charge in [-0.05, 0) is 6.04 Å². The van der Waals surface area contributed by atoms with Crippen LogP contribution in [-0.2, 0) is 4.12 Å². The highest BCUT2D eigenvalue weighted by Crippen LogP contribution is 1.76. The molecule has 0 N–H and O–H groups in total. The Labute approximate surface area is 42.4 Å². The maximum Gasteiger partial charge on any atom is 0.148 e. The van der Waals surface area contributed by atoms with Crippen LogP contribution in [0, 0.1) is 0 Å². The van der Waals surface area contributed by atoms with Crippen molar-refractivity contribution in [2.75, 3.05) is 6.67 Å². The third-order valence-electron chi connectivity index (χ3n) is 0.482. The molecule has 0 saturated carbocycles. The molecule has 0 aromatic carbocycles. The van der Waals surface area contributed by atoms with Gasteiger partial charge in [0.15, 0.2) is 0 Å². The molecule has 4 heteroatoms. The predicted octanol–water partition coefficient (Wildman–Crippen LogP) is -1.25. The van der Waals surface area contributed by atoms with Crippen LogP contribution in [0.1, 0.15) is 0 Å². The first-order valence-electron chi connectivity index (χ1n) is 1.96. The summed E-state index contributed by atoms with van der Waals surface area (Å²) >= 11 is 0. The Kier molecular flexibility index (Phi) is 5.61. The summed E-state index contributed by atoms with van der Waals surface area (Å²) in [6, 6.07) is 0.698. The fourth-order valence-electron chi connectivity index (χ4n) is 0.199. The maximum atomic E-state index is 11.2. The van der Waals surface area contributed by atoms with Crippen LogP contribution in [0.15, 0.2) is 0 Å². The summed E-state index contributed by atoms with van der Waals surface area (Å²) in [5.41, 5.74) is 0. The van der Waals surface area contributed by atoms with E-state index in [2.05, 4.69) is 0 Å². The van der Waals surface area contributed by atoms with Crippen LogP contribution in [-0.4, -0.2) is 26.9 Å². The minimum atomic E-state index is -0.392. The van der Waals surface area contributed by atoms with Gasteiger partial charge in [-0.2, -0.15) is 0 Å². The fourth-order valence-corrected chi connectivity index (χ4v) is 1.46. The molecule has 0 heterocycles. The second kappa shape index (κ2) is 5.32. The first kappa shape index (κ1) is 6.32. The van der Waals surface area contributed by atoms with Gasteiger partial charge in [0.1, 0.15) is 20.2 Å². The molecule has 0 aliphatic rings. The number of halogens is 1. The van der Waals surface area contributed by atoms with Crippen molar-refractivity contribution < 1.29 is 8.51 Å². The molecule has 0 amide bonds. The van der Waals surface area contributed by atoms with Crippen molar-refractivity contribution in [3.05, 3.63) is 0 Å². The summed E-state index contributed by atoms with van der Waals surface area (Å²) < 4.78 is 16.0. The first-order valence-corrected chi connectivity index (χ1v) is 4.36. The molecule has 6 heavy (non-hydrogen) atoms. The Morgan fingerprint density at radius 1 is 1.83 bits per heavy atom. The molecule has 1 nitrogen and oxygen atoms in total. The molecule has 0 aromatic rings. The fraction of sp³-hybridized carbons (Fsp3) is 1.00. The number of rotatable bonds is 3. The SMILES string of the molecule is FCC[SiH2]O[SiH3]. The molecule has 0 fully saturated rings. The third kappa shape index (κ3) is 4.32. The number of hydrogen-bond donors (Lipinski definition) is 0. The summed E-state index contributed by atoms with van der Waals surface area (Å²) in [6.45, 7) is -0.186. The summed E-state index contributed by atoms with van der Waals surface area (Å²) in [5.74, 6) is 0. The van der Waals surface area contributed by atoms with E-state index in [1.54, 1.807) is 0 Å². The van der Waals surface area contributed by atoms with E-state index < -0.39 is 9.76 Å². The van der Waals surface area contributed by atoms with E-state index in [0.29, 0.717) is 6.04 Å². The van der Waals surface area contributed by atoms with E-state index in [1.807, 2.05) is 0 Å². The van der Waals surface area contributed by atoms with Gasteiger partial charge in [0, 0.05) is 0 Å². The van der Waals surface area contributed by atoms with E-state index in [4.69, 9.17) is 4.12 Å². The highest BCUT2D eigenvalue weighted by atomic mass is 28.3. The first-order chi connectivity index (χ1) is 2.91. The summed E-state index contributed by atoms with van der Waals surface area (Å²) in [4.78, 5) is 0. The van der Waals surface area contributed by atoms with Crippen molar-refractivity contribution in [2.24, 2.45) is 0 Å². The minimum Gasteiger partial charge on any atom is -0.468 e. The normalized spacial score (nSPS) is 11.5. The van der Waals surface area contributed by atoms with Crippen LogP contribution in [0.5, 0.6) is 0 Å². The summed E-state index contributed by atoms with van der Waals surface area (Å²) in [5, 5.41) is 0. The van der Waals surface area contributed by atoms with Crippen LogP contribution in [0.3, 0.4) is 0 Å². The van der Waals surface area contributed by atoms with Crippen LogP contribution in [0.25, 0.3) is 0 Å². The lowest BCUT2D eigenvalue weighted by Gasteiger charge is -1.87. The Morgan fingerprint density at radius 2 is 2.50 bits per heavy atom. The largest absolute Gasteiger partial charge is 0.468 e. The molecule has 0 rings (SSSR count). The van der Waals surface area contributed by atoms with Crippen LogP contribution in [0.2, 0.25) is 6.04 Å². The lowest BCUT2D eigenvalue weighted by atomic mass is 10.9. The monoisotopic (exact) mass is 124 g/mol. The lowest BCUT2D eigenvalue weighted by Crippen LogP contribution is -1.93. The molecule has 0 saturated heterocycles. The second-order valence-electron chi connectivity index (χ2n) is 1.04. The molecular formula is C2H9FOSi2. The van der Waals surface area contributed by atoms with E-state index in [9.17, 15) is 4.39 Å². The molecule has 0 aliphatic carbocycles. The summed E-state index contributed by atoms with van der Waals surface area (Å²) in [6.07, 6.45) is 0. The van der Waals surface area contributed by atoms with Gasteiger partial charge in [0.25, 0.3) is 0 Å². The van der Waals surface area contributed by atoms with E-state index >= 15 is 0 Å². The standard InChI is InChI=1S/C2H9FOSi2/c3-1-2-6-4-5/h1-2,6H2,5H3. The third-order valence-corrected chi connectivity index (χ3v) is 2.67. The Hall–Kier alpha value is 0.324. The molecule has 0 radical (unpaired) electrons. The maximum absolute atomic E-state index is 11.2. The van der Waals surface area contributed by atoms with Crippen molar-refractivity contribution >= 4 is 20.2 Å². The van der Waals surface area contributed by atoms with Crippen LogP contribution in [0.4, 0.5) is 4.39 Å². The van der Waals surface area contributed by atoms with E-state index in [-0.39, 0.29) is 6.67 Å². The van der Waals surface area contributed by atoms with Crippen molar-refractivity contribution in [3.8, 4) is 0 Å². The number of alkyl halides is 1. The molecule has 0 bridgehead atoms. The molecule has 0 spiro atoms. The zero-order valence-electron chi connectivity index (χ0n) is 3.91. The Bertz CT molecular complexity index is 23.5. The lowest BCUT2D eigenvalue weighted by molar-refractivity contribution is 0.514.